The number of rotatable bonds is 4. The number of halogens is 1. The van der Waals surface area contributed by atoms with Gasteiger partial charge in [0, 0.05) is 0 Å². The van der Waals surface area contributed by atoms with Gasteiger partial charge in [-0.1, -0.05) is 41.9 Å². The molecule has 0 saturated carbocycles. The highest BCUT2D eigenvalue weighted by atomic mass is 35.5. The predicted molar refractivity (Wildman–Crippen MR) is 70.8 cm³/mol. The van der Waals surface area contributed by atoms with Crippen LogP contribution >= 0.6 is 11.6 Å². The quantitative estimate of drug-likeness (QED) is 0.890. The van der Waals surface area contributed by atoms with E-state index in [9.17, 15) is 9.90 Å². The molecule has 1 atom stereocenters. The van der Waals surface area contributed by atoms with Crippen LogP contribution < -0.4 is 5.32 Å². The second-order valence-corrected chi connectivity index (χ2v) is 4.23. The average molecular weight is 278 g/mol. The lowest BCUT2D eigenvalue weighted by atomic mass is 10.1. The number of aliphatic hydroxyl groups is 1. The Balaban J connectivity index is 2.10. The SMILES string of the molecule is O=C(N[C@H](CO)c1ccccc1)c1cnc(Cl)cn1. The van der Waals surface area contributed by atoms with Crippen LogP contribution in [0.1, 0.15) is 22.1 Å². The highest BCUT2D eigenvalue weighted by molar-refractivity contribution is 6.29. The van der Waals surface area contributed by atoms with E-state index in [0.717, 1.165) is 5.56 Å². The van der Waals surface area contributed by atoms with Crippen LogP contribution in [0.2, 0.25) is 5.15 Å². The highest BCUT2D eigenvalue weighted by Gasteiger charge is 2.15. The van der Waals surface area contributed by atoms with E-state index in [-0.39, 0.29) is 17.5 Å². The fourth-order valence-electron chi connectivity index (χ4n) is 1.58. The maximum Gasteiger partial charge on any atom is 0.272 e. The second kappa shape index (κ2) is 6.26. The molecular weight excluding hydrogens is 266 g/mol. The van der Waals surface area contributed by atoms with Crippen molar-refractivity contribution in [2.75, 3.05) is 6.61 Å². The molecule has 0 saturated heterocycles. The molecule has 0 aliphatic rings. The average Bonchev–Trinajstić information content (AvgIpc) is 2.46. The molecule has 2 N–H and O–H groups in total. The molecule has 1 heterocycles. The summed E-state index contributed by atoms with van der Waals surface area (Å²) in [5.41, 5.74) is 0.971. The Bertz CT molecular complexity index is 546. The monoisotopic (exact) mass is 277 g/mol. The zero-order chi connectivity index (χ0) is 13.7. The third-order valence-corrected chi connectivity index (χ3v) is 2.74. The van der Waals surface area contributed by atoms with Crippen LogP contribution in [0.15, 0.2) is 42.7 Å². The van der Waals surface area contributed by atoms with Crippen molar-refractivity contribution in [3.63, 3.8) is 0 Å². The fourth-order valence-corrected chi connectivity index (χ4v) is 1.68. The predicted octanol–water partition coefficient (Wildman–Crippen LogP) is 1.59. The summed E-state index contributed by atoms with van der Waals surface area (Å²) < 4.78 is 0. The van der Waals surface area contributed by atoms with Gasteiger partial charge in [-0.25, -0.2) is 9.97 Å². The molecule has 6 heteroatoms. The molecule has 0 unspecified atom stereocenters. The summed E-state index contributed by atoms with van der Waals surface area (Å²) >= 11 is 5.60. The summed E-state index contributed by atoms with van der Waals surface area (Å²) in [5.74, 6) is -0.410. The molecule has 0 aliphatic heterocycles. The van der Waals surface area contributed by atoms with E-state index in [4.69, 9.17) is 11.6 Å². The minimum Gasteiger partial charge on any atom is -0.394 e. The van der Waals surface area contributed by atoms with Gasteiger partial charge in [-0.3, -0.25) is 4.79 Å². The van der Waals surface area contributed by atoms with Crippen LogP contribution in [0.3, 0.4) is 0 Å². The molecule has 0 bridgehead atoms. The van der Waals surface area contributed by atoms with Gasteiger partial charge in [-0.15, -0.1) is 0 Å². The summed E-state index contributed by atoms with van der Waals surface area (Å²) in [6, 6.07) is 8.72. The number of benzene rings is 1. The standard InChI is InChI=1S/C13H12ClN3O2/c14-12-7-15-10(6-16-12)13(19)17-11(8-18)9-4-2-1-3-5-9/h1-7,11,18H,8H2,(H,17,19)/t11-/m1/s1. The Labute approximate surface area is 115 Å². The molecular formula is C13H12ClN3O2. The molecule has 98 valence electrons. The van der Waals surface area contributed by atoms with E-state index in [0.29, 0.717) is 0 Å². The second-order valence-electron chi connectivity index (χ2n) is 3.84. The lowest BCUT2D eigenvalue weighted by Crippen LogP contribution is -2.31. The van der Waals surface area contributed by atoms with Gasteiger partial charge in [0.05, 0.1) is 25.0 Å². The van der Waals surface area contributed by atoms with Gasteiger partial charge in [0.25, 0.3) is 5.91 Å². The number of nitrogens with one attached hydrogen (secondary N) is 1. The minimum absolute atomic E-state index is 0.152. The van der Waals surface area contributed by atoms with Gasteiger partial charge in [-0.05, 0) is 5.56 Å². The van der Waals surface area contributed by atoms with Gasteiger partial charge in [0.1, 0.15) is 10.8 Å². The van der Waals surface area contributed by atoms with Crippen LogP contribution in [0.25, 0.3) is 0 Å². The zero-order valence-corrected chi connectivity index (χ0v) is 10.7. The number of nitrogens with zero attached hydrogens (tertiary/aromatic N) is 2. The van der Waals surface area contributed by atoms with E-state index in [1.807, 2.05) is 30.3 Å². The Hall–Kier alpha value is -1.98. The van der Waals surface area contributed by atoms with Crippen molar-refractivity contribution >= 4 is 17.5 Å². The molecule has 1 aromatic carbocycles. The minimum atomic E-state index is -0.480. The van der Waals surface area contributed by atoms with E-state index in [1.165, 1.54) is 12.4 Å². The number of aliphatic hydroxyl groups excluding tert-OH is 1. The van der Waals surface area contributed by atoms with Crippen LogP contribution in [-0.2, 0) is 0 Å². The molecule has 19 heavy (non-hydrogen) atoms. The molecule has 0 radical (unpaired) electrons. The number of carbonyl (C=O) groups excluding carboxylic acids is 1. The van der Waals surface area contributed by atoms with Crippen LogP contribution in [0.5, 0.6) is 0 Å². The fraction of sp³-hybridized carbons (Fsp3) is 0.154. The summed E-state index contributed by atoms with van der Waals surface area (Å²) in [6.07, 6.45) is 2.59. The largest absolute Gasteiger partial charge is 0.394 e. The molecule has 2 aromatic rings. The van der Waals surface area contributed by atoms with Crippen molar-refractivity contribution in [2.24, 2.45) is 0 Å². The van der Waals surface area contributed by atoms with Crippen LogP contribution in [0, 0.1) is 0 Å². The van der Waals surface area contributed by atoms with E-state index < -0.39 is 11.9 Å². The molecule has 0 spiro atoms. The number of amides is 1. The van der Waals surface area contributed by atoms with Gasteiger partial charge in [-0.2, -0.15) is 0 Å². The van der Waals surface area contributed by atoms with Gasteiger partial charge < -0.3 is 10.4 Å². The van der Waals surface area contributed by atoms with Crippen LogP contribution in [0.4, 0.5) is 0 Å². The summed E-state index contributed by atoms with van der Waals surface area (Å²) in [6.45, 7) is -0.198. The zero-order valence-electron chi connectivity index (χ0n) is 9.95. The smallest absolute Gasteiger partial charge is 0.272 e. The third kappa shape index (κ3) is 3.49. The molecule has 1 amide bonds. The normalized spacial score (nSPS) is 11.9. The lowest BCUT2D eigenvalue weighted by molar-refractivity contribution is 0.0910. The third-order valence-electron chi connectivity index (χ3n) is 2.54. The first kappa shape index (κ1) is 13.5. The Morgan fingerprint density at radius 3 is 2.58 bits per heavy atom. The first-order valence-electron chi connectivity index (χ1n) is 5.65. The van der Waals surface area contributed by atoms with E-state index in [1.54, 1.807) is 0 Å². The Morgan fingerprint density at radius 1 is 1.26 bits per heavy atom. The van der Waals surface area contributed by atoms with Crippen molar-refractivity contribution in [2.45, 2.75) is 6.04 Å². The van der Waals surface area contributed by atoms with Gasteiger partial charge in [0.2, 0.25) is 0 Å². The number of hydrogen-bond acceptors (Lipinski definition) is 4. The molecule has 1 aromatic heterocycles. The maximum absolute atomic E-state index is 11.9. The first-order valence-corrected chi connectivity index (χ1v) is 6.02. The first-order chi connectivity index (χ1) is 9.20. The van der Waals surface area contributed by atoms with Crippen LogP contribution in [-0.4, -0.2) is 27.6 Å². The number of carbonyl (C=O) groups is 1. The van der Waals surface area contributed by atoms with Crippen molar-refractivity contribution < 1.29 is 9.90 Å². The Morgan fingerprint density at radius 2 is 2.00 bits per heavy atom. The van der Waals surface area contributed by atoms with Gasteiger partial charge >= 0.3 is 0 Å². The van der Waals surface area contributed by atoms with E-state index >= 15 is 0 Å². The summed E-state index contributed by atoms with van der Waals surface area (Å²) in [5, 5.41) is 12.3. The van der Waals surface area contributed by atoms with Crippen molar-refractivity contribution in [3.05, 3.63) is 59.1 Å². The molecule has 2 rings (SSSR count). The van der Waals surface area contributed by atoms with E-state index in [2.05, 4.69) is 15.3 Å². The molecule has 5 nitrogen and oxygen atoms in total. The number of hydrogen-bond donors (Lipinski definition) is 2. The molecule has 0 fully saturated rings. The topological polar surface area (TPSA) is 75.1 Å². The summed E-state index contributed by atoms with van der Waals surface area (Å²) in [7, 11) is 0. The maximum atomic E-state index is 11.9. The Kier molecular flexibility index (Phi) is 4.43. The highest BCUT2D eigenvalue weighted by Crippen LogP contribution is 2.12. The molecule has 0 aliphatic carbocycles. The van der Waals surface area contributed by atoms with Crippen molar-refractivity contribution in [1.82, 2.24) is 15.3 Å². The van der Waals surface area contributed by atoms with Crippen molar-refractivity contribution in [3.8, 4) is 0 Å². The lowest BCUT2D eigenvalue weighted by Gasteiger charge is -2.16. The van der Waals surface area contributed by atoms with Crippen molar-refractivity contribution in [1.29, 1.82) is 0 Å². The summed E-state index contributed by atoms with van der Waals surface area (Å²) in [4.78, 5) is 19.6. The van der Waals surface area contributed by atoms with Gasteiger partial charge in [0.15, 0.2) is 0 Å². The number of aromatic nitrogens is 2.